The molecule has 0 radical (unpaired) electrons. The molecule has 0 spiro atoms. The van der Waals surface area contributed by atoms with Gasteiger partial charge in [0.1, 0.15) is 5.00 Å². The minimum absolute atomic E-state index is 0.115. The fraction of sp³-hybridized carbons (Fsp3) is 0.379. The van der Waals surface area contributed by atoms with Gasteiger partial charge in [0.25, 0.3) is 5.91 Å². The number of fused-ring (bicyclic) bond motifs is 1. The fourth-order valence-electron chi connectivity index (χ4n) is 4.63. The van der Waals surface area contributed by atoms with Crippen LogP contribution in [0.3, 0.4) is 0 Å². The number of amides is 1. The molecule has 2 heterocycles. The van der Waals surface area contributed by atoms with Gasteiger partial charge in [-0.3, -0.25) is 9.69 Å². The lowest BCUT2D eigenvalue weighted by molar-refractivity contribution is 0.0526. The van der Waals surface area contributed by atoms with E-state index in [0.717, 1.165) is 22.5 Å². The van der Waals surface area contributed by atoms with Gasteiger partial charge in [-0.2, -0.15) is 4.31 Å². The summed E-state index contributed by atoms with van der Waals surface area (Å²) >= 11 is 1.40. The Morgan fingerprint density at radius 1 is 1.08 bits per heavy atom. The molecule has 208 valence electrons. The molecule has 1 N–H and O–H groups in total. The number of carbonyl (C=O) groups excluding carboxylic acids is 2. The molecule has 0 saturated heterocycles. The Balaban J connectivity index is 1.55. The minimum atomic E-state index is -3.75. The second-order valence-electron chi connectivity index (χ2n) is 9.64. The molecule has 39 heavy (non-hydrogen) atoms. The van der Waals surface area contributed by atoms with Crippen LogP contribution in [-0.2, 0) is 34.3 Å². The molecule has 4 rings (SSSR count). The Morgan fingerprint density at radius 2 is 1.77 bits per heavy atom. The zero-order chi connectivity index (χ0) is 28.2. The number of anilines is 1. The summed E-state index contributed by atoms with van der Waals surface area (Å²) in [7, 11) is -3.75. The summed E-state index contributed by atoms with van der Waals surface area (Å²) in [5.74, 6) is -0.858. The van der Waals surface area contributed by atoms with E-state index in [9.17, 15) is 18.0 Å². The van der Waals surface area contributed by atoms with Crippen LogP contribution < -0.4 is 5.32 Å². The molecule has 0 aliphatic carbocycles. The van der Waals surface area contributed by atoms with Crippen LogP contribution in [-0.4, -0.2) is 55.2 Å². The molecule has 8 nitrogen and oxygen atoms in total. The number of esters is 1. The topological polar surface area (TPSA) is 96.0 Å². The maximum absolute atomic E-state index is 13.3. The molecule has 0 bridgehead atoms. The monoisotopic (exact) mass is 569 g/mol. The van der Waals surface area contributed by atoms with Gasteiger partial charge >= 0.3 is 5.97 Å². The molecule has 0 unspecified atom stereocenters. The van der Waals surface area contributed by atoms with Gasteiger partial charge in [-0.25, -0.2) is 13.2 Å². The van der Waals surface area contributed by atoms with E-state index < -0.39 is 21.9 Å². The number of ether oxygens (including phenoxy) is 1. The minimum Gasteiger partial charge on any atom is -0.462 e. The quantitative estimate of drug-likeness (QED) is 0.339. The standard InChI is InChI=1S/C29H35N3O5S2/c1-5-32(18-21-10-8-7-9-11-21)39(35,36)23-14-12-22(13-15-23)27(33)30-28-26(29(34)37-6-2)24-16-17-31(20(3)4)19-25(24)38-28/h7-15,20H,5-6,16-19H2,1-4H3,(H,30,33). The molecule has 10 heteroatoms. The van der Waals surface area contributed by atoms with E-state index in [4.69, 9.17) is 4.74 Å². The molecule has 3 aromatic rings. The Morgan fingerprint density at radius 3 is 2.38 bits per heavy atom. The van der Waals surface area contributed by atoms with E-state index in [1.165, 1.54) is 39.9 Å². The largest absolute Gasteiger partial charge is 0.462 e. The number of hydrogen-bond acceptors (Lipinski definition) is 7. The van der Waals surface area contributed by atoms with Crippen molar-refractivity contribution in [1.82, 2.24) is 9.21 Å². The first-order chi connectivity index (χ1) is 18.6. The van der Waals surface area contributed by atoms with E-state index in [0.29, 0.717) is 41.7 Å². The number of sulfonamides is 1. The lowest BCUT2D eigenvalue weighted by Crippen LogP contribution is -2.35. The Labute approximate surface area is 234 Å². The third-order valence-electron chi connectivity index (χ3n) is 6.83. The first kappa shape index (κ1) is 28.9. The van der Waals surface area contributed by atoms with E-state index in [-0.39, 0.29) is 18.0 Å². The third-order valence-corrected chi connectivity index (χ3v) is 9.90. The smallest absolute Gasteiger partial charge is 0.341 e. The Hall–Kier alpha value is -3.05. The Kier molecular flexibility index (Phi) is 9.22. The molecule has 0 fully saturated rings. The summed E-state index contributed by atoms with van der Waals surface area (Å²) in [4.78, 5) is 29.5. The molecule has 1 aromatic heterocycles. The molecule has 2 aromatic carbocycles. The lowest BCUT2D eigenvalue weighted by atomic mass is 10.0. The second-order valence-corrected chi connectivity index (χ2v) is 12.7. The lowest BCUT2D eigenvalue weighted by Gasteiger charge is -2.30. The summed E-state index contributed by atoms with van der Waals surface area (Å²) in [5.41, 5.74) is 2.55. The predicted octanol–water partition coefficient (Wildman–Crippen LogP) is 5.15. The van der Waals surface area contributed by atoms with Crippen molar-refractivity contribution in [3.8, 4) is 0 Å². The van der Waals surface area contributed by atoms with Gasteiger partial charge in [0.05, 0.1) is 17.1 Å². The molecular weight excluding hydrogens is 534 g/mol. The van der Waals surface area contributed by atoms with E-state index >= 15 is 0 Å². The van der Waals surface area contributed by atoms with E-state index in [2.05, 4.69) is 24.1 Å². The Bertz CT molecular complexity index is 1420. The number of nitrogens with zero attached hydrogens (tertiary/aromatic N) is 2. The molecule has 0 saturated carbocycles. The highest BCUT2D eigenvalue weighted by molar-refractivity contribution is 7.89. The van der Waals surface area contributed by atoms with Crippen molar-refractivity contribution in [1.29, 1.82) is 0 Å². The second kappa shape index (κ2) is 12.4. The number of carbonyl (C=O) groups is 2. The van der Waals surface area contributed by atoms with Crippen LogP contribution in [0.5, 0.6) is 0 Å². The number of nitrogens with one attached hydrogen (secondary N) is 1. The van der Waals surface area contributed by atoms with E-state index in [1.54, 1.807) is 13.8 Å². The van der Waals surface area contributed by atoms with Crippen LogP contribution >= 0.6 is 11.3 Å². The highest BCUT2D eigenvalue weighted by atomic mass is 32.2. The average Bonchev–Trinajstić information content (AvgIpc) is 3.29. The van der Waals surface area contributed by atoms with Gasteiger partial charge in [0, 0.05) is 42.7 Å². The predicted molar refractivity (Wildman–Crippen MR) is 154 cm³/mol. The van der Waals surface area contributed by atoms with Gasteiger partial charge in [0.15, 0.2) is 0 Å². The van der Waals surface area contributed by atoms with Crippen molar-refractivity contribution in [2.75, 3.05) is 25.0 Å². The summed E-state index contributed by atoms with van der Waals surface area (Å²) in [5, 5.41) is 3.36. The highest BCUT2D eigenvalue weighted by Crippen LogP contribution is 2.38. The SMILES string of the molecule is CCOC(=O)c1c(NC(=O)c2ccc(S(=O)(=O)N(CC)Cc3ccccc3)cc2)sc2c1CCN(C(C)C)C2. The summed E-state index contributed by atoms with van der Waals surface area (Å²) in [6.45, 7) is 10.2. The van der Waals surface area contributed by atoms with Gasteiger partial charge in [-0.05, 0) is 62.6 Å². The maximum atomic E-state index is 13.3. The van der Waals surface area contributed by atoms with Crippen LogP contribution in [0.1, 0.15) is 64.4 Å². The third kappa shape index (κ3) is 6.41. The van der Waals surface area contributed by atoms with Gasteiger partial charge in [-0.1, -0.05) is 37.3 Å². The molecular formula is C29H35N3O5S2. The average molecular weight is 570 g/mol. The van der Waals surface area contributed by atoms with Gasteiger partial charge in [0.2, 0.25) is 10.0 Å². The van der Waals surface area contributed by atoms with Crippen LogP contribution in [0.25, 0.3) is 0 Å². The summed E-state index contributed by atoms with van der Waals surface area (Å²) in [6.07, 6.45) is 0.706. The van der Waals surface area contributed by atoms with Gasteiger partial charge < -0.3 is 10.1 Å². The first-order valence-electron chi connectivity index (χ1n) is 13.2. The van der Waals surface area contributed by atoms with Crippen LogP contribution in [0.15, 0.2) is 59.5 Å². The maximum Gasteiger partial charge on any atom is 0.341 e. The zero-order valence-corrected chi connectivity index (χ0v) is 24.4. The zero-order valence-electron chi connectivity index (χ0n) is 22.8. The van der Waals surface area contributed by atoms with Crippen molar-refractivity contribution in [2.45, 2.75) is 58.1 Å². The number of hydrogen-bond donors (Lipinski definition) is 1. The summed E-state index contributed by atoms with van der Waals surface area (Å²) in [6, 6.07) is 15.7. The van der Waals surface area contributed by atoms with Crippen molar-refractivity contribution in [2.24, 2.45) is 0 Å². The highest BCUT2D eigenvalue weighted by Gasteiger charge is 2.30. The van der Waals surface area contributed by atoms with Gasteiger partial charge in [-0.15, -0.1) is 11.3 Å². The number of thiophene rings is 1. The van der Waals surface area contributed by atoms with Crippen molar-refractivity contribution < 1.29 is 22.7 Å². The summed E-state index contributed by atoms with van der Waals surface area (Å²) < 4.78 is 33.3. The molecule has 1 aliphatic heterocycles. The van der Waals surface area contributed by atoms with Crippen LogP contribution in [0.4, 0.5) is 5.00 Å². The molecule has 1 amide bonds. The van der Waals surface area contributed by atoms with E-state index in [1.807, 2.05) is 30.3 Å². The van der Waals surface area contributed by atoms with Crippen molar-refractivity contribution in [3.05, 3.63) is 81.7 Å². The molecule has 0 atom stereocenters. The number of rotatable bonds is 10. The van der Waals surface area contributed by atoms with Crippen LogP contribution in [0, 0.1) is 0 Å². The van der Waals surface area contributed by atoms with Crippen molar-refractivity contribution in [3.63, 3.8) is 0 Å². The number of benzene rings is 2. The van der Waals surface area contributed by atoms with Crippen LogP contribution in [0.2, 0.25) is 0 Å². The normalized spacial score (nSPS) is 13.9. The van der Waals surface area contributed by atoms with Crippen molar-refractivity contribution >= 4 is 38.2 Å². The first-order valence-corrected chi connectivity index (χ1v) is 15.4. The molecule has 1 aliphatic rings. The fourth-order valence-corrected chi connectivity index (χ4v) is 7.32.